The number of benzene rings is 2. The summed E-state index contributed by atoms with van der Waals surface area (Å²) < 4.78 is 19.0. The molecule has 148 valence electrons. The minimum absolute atomic E-state index is 0.0117. The molecular formula is C20H22FN3O3S. The van der Waals surface area contributed by atoms with E-state index in [1.807, 2.05) is 6.92 Å². The van der Waals surface area contributed by atoms with Gasteiger partial charge in [0.2, 0.25) is 5.91 Å². The summed E-state index contributed by atoms with van der Waals surface area (Å²) in [6, 6.07) is 12.8. The van der Waals surface area contributed by atoms with Crippen LogP contribution in [0, 0.1) is 5.82 Å². The van der Waals surface area contributed by atoms with E-state index in [0.717, 1.165) is 6.42 Å². The zero-order valence-corrected chi connectivity index (χ0v) is 16.3. The molecule has 0 aliphatic carbocycles. The monoisotopic (exact) mass is 403 g/mol. The van der Waals surface area contributed by atoms with Gasteiger partial charge in [0.25, 0.3) is 0 Å². The molecule has 0 heterocycles. The highest BCUT2D eigenvalue weighted by Crippen LogP contribution is 2.14. The van der Waals surface area contributed by atoms with Crippen LogP contribution in [0.1, 0.15) is 36.5 Å². The van der Waals surface area contributed by atoms with Crippen molar-refractivity contribution in [3.63, 3.8) is 0 Å². The fraction of sp³-hybridized carbons (Fsp3) is 0.250. The van der Waals surface area contributed by atoms with Crippen LogP contribution >= 0.6 is 12.2 Å². The van der Waals surface area contributed by atoms with Gasteiger partial charge in [-0.25, -0.2) is 4.39 Å². The molecule has 0 spiro atoms. The number of carbonyl (C=O) groups is 2. The van der Waals surface area contributed by atoms with Crippen molar-refractivity contribution in [2.75, 3.05) is 11.9 Å². The van der Waals surface area contributed by atoms with Gasteiger partial charge >= 0.3 is 0 Å². The first-order valence-electron chi connectivity index (χ1n) is 8.86. The molecule has 6 nitrogen and oxygen atoms in total. The molecule has 0 unspecified atom stereocenters. The van der Waals surface area contributed by atoms with E-state index in [-0.39, 0.29) is 29.4 Å². The fourth-order valence-corrected chi connectivity index (χ4v) is 2.39. The number of hydrogen-bond donors (Lipinski definition) is 3. The number of ether oxygens (including phenoxy) is 1. The minimum Gasteiger partial charge on any atom is -0.494 e. The second kappa shape index (κ2) is 11.0. The van der Waals surface area contributed by atoms with E-state index in [0.29, 0.717) is 17.9 Å². The standard InChI is InChI=1S/C20H22FN3O3S/c1-2-13-27-15-9-7-14(8-10-15)18(25)11-12-19(26)23-24-20(28)22-17-6-4-3-5-16(17)21/h3-10H,2,11-13H2,1H3,(H,23,26)(H2,22,24,28). The summed E-state index contributed by atoms with van der Waals surface area (Å²) in [5.41, 5.74) is 5.55. The number of thiocarbonyl (C=S) groups is 1. The number of Topliss-reactive ketones (excluding diaryl/α,β-unsaturated/α-hetero) is 1. The second-order valence-corrected chi connectivity index (χ2v) is 6.31. The first-order chi connectivity index (χ1) is 13.5. The van der Waals surface area contributed by atoms with E-state index in [1.165, 1.54) is 12.1 Å². The molecule has 0 saturated heterocycles. The Morgan fingerprint density at radius 3 is 2.43 bits per heavy atom. The summed E-state index contributed by atoms with van der Waals surface area (Å²) in [7, 11) is 0. The quantitative estimate of drug-likeness (QED) is 0.355. The van der Waals surface area contributed by atoms with Crippen molar-refractivity contribution < 1.29 is 18.7 Å². The van der Waals surface area contributed by atoms with Gasteiger partial charge < -0.3 is 10.1 Å². The first kappa shape index (κ1) is 21.3. The lowest BCUT2D eigenvalue weighted by Gasteiger charge is -2.12. The second-order valence-electron chi connectivity index (χ2n) is 5.90. The Morgan fingerprint density at radius 1 is 1.04 bits per heavy atom. The number of hydrogen-bond acceptors (Lipinski definition) is 4. The molecule has 2 rings (SSSR count). The number of nitrogens with one attached hydrogen (secondary N) is 3. The van der Waals surface area contributed by atoms with Crippen molar-refractivity contribution in [3.05, 3.63) is 59.9 Å². The molecule has 8 heteroatoms. The smallest absolute Gasteiger partial charge is 0.238 e. The van der Waals surface area contributed by atoms with Gasteiger partial charge in [-0.1, -0.05) is 19.1 Å². The first-order valence-corrected chi connectivity index (χ1v) is 9.27. The van der Waals surface area contributed by atoms with Gasteiger partial charge in [0.15, 0.2) is 10.9 Å². The van der Waals surface area contributed by atoms with E-state index in [1.54, 1.807) is 36.4 Å². The summed E-state index contributed by atoms with van der Waals surface area (Å²) in [5.74, 6) is -0.316. The molecule has 0 fully saturated rings. The Hall–Kier alpha value is -3.00. The van der Waals surface area contributed by atoms with Crippen molar-refractivity contribution in [1.82, 2.24) is 10.9 Å². The van der Waals surface area contributed by atoms with Crippen LogP contribution in [-0.4, -0.2) is 23.4 Å². The number of ketones is 1. The topological polar surface area (TPSA) is 79.5 Å². The summed E-state index contributed by atoms with van der Waals surface area (Å²) in [6.45, 7) is 2.63. The Kier molecular flexibility index (Phi) is 8.36. The van der Waals surface area contributed by atoms with Crippen LogP contribution in [-0.2, 0) is 4.79 Å². The van der Waals surface area contributed by atoms with Gasteiger partial charge in [0, 0.05) is 18.4 Å². The van der Waals surface area contributed by atoms with E-state index in [2.05, 4.69) is 16.2 Å². The van der Waals surface area contributed by atoms with E-state index in [9.17, 15) is 14.0 Å². The third-order valence-corrected chi connectivity index (χ3v) is 3.87. The van der Waals surface area contributed by atoms with Gasteiger partial charge in [-0.15, -0.1) is 0 Å². The maximum absolute atomic E-state index is 13.5. The number of anilines is 1. The van der Waals surface area contributed by atoms with Crippen LogP contribution in [0.2, 0.25) is 0 Å². The molecule has 0 aliphatic heterocycles. The molecule has 0 saturated carbocycles. The zero-order valence-electron chi connectivity index (χ0n) is 15.5. The van der Waals surface area contributed by atoms with Gasteiger partial charge in [0.05, 0.1) is 12.3 Å². The predicted molar refractivity (Wildman–Crippen MR) is 110 cm³/mol. The number of carbonyl (C=O) groups excluding carboxylic acids is 2. The van der Waals surface area contributed by atoms with Crippen molar-refractivity contribution >= 4 is 34.7 Å². The summed E-state index contributed by atoms with van der Waals surface area (Å²) in [5, 5.41) is 2.66. The maximum atomic E-state index is 13.5. The number of amides is 1. The van der Waals surface area contributed by atoms with Crippen molar-refractivity contribution in [2.24, 2.45) is 0 Å². The summed E-state index contributed by atoms with van der Waals surface area (Å²) >= 11 is 4.99. The van der Waals surface area contributed by atoms with Crippen LogP contribution in [0.5, 0.6) is 5.75 Å². The van der Waals surface area contributed by atoms with Crippen LogP contribution in [0.25, 0.3) is 0 Å². The Bertz CT molecular complexity index is 828. The number of rotatable bonds is 8. The van der Waals surface area contributed by atoms with Gasteiger partial charge in [-0.05, 0) is 55.0 Å². The van der Waals surface area contributed by atoms with Gasteiger partial charge in [-0.3, -0.25) is 20.4 Å². The lowest BCUT2D eigenvalue weighted by molar-refractivity contribution is -0.121. The highest BCUT2D eigenvalue weighted by Gasteiger charge is 2.10. The number of para-hydroxylation sites is 1. The minimum atomic E-state index is -0.463. The molecule has 0 atom stereocenters. The molecule has 0 aromatic heterocycles. The highest BCUT2D eigenvalue weighted by atomic mass is 32.1. The van der Waals surface area contributed by atoms with Crippen LogP contribution in [0.15, 0.2) is 48.5 Å². The fourth-order valence-electron chi connectivity index (χ4n) is 2.23. The Morgan fingerprint density at radius 2 is 1.75 bits per heavy atom. The SMILES string of the molecule is CCCOc1ccc(C(=O)CCC(=O)NNC(=S)Nc2ccccc2F)cc1. The predicted octanol–water partition coefficient (Wildman–Crippen LogP) is 3.60. The van der Waals surface area contributed by atoms with Gasteiger partial charge in [-0.2, -0.15) is 0 Å². The third-order valence-electron chi connectivity index (χ3n) is 3.67. The lowest BCUT2D eigenvalue weighted by Crippen LogP contribution is -2.43. The largest absolute Gasteiger partial charge is 0.494 e. The number of halogens is 1. The zero-order chi connectivity index (χ0) is 20.4. The van der Waals surface area contributed by atoms with Crippen LogP contribution in [0.4, 0.5) is 10.1 Å². The summed E-state index contributed by atoms with van der Waals surface area (Å²) in [4.78, 5) is 24.0. The van der Waals surface area contributed by atoms with Crippen LogP contribution < -0.4 is 20.9 Å². The van der Waals surface area contributed by atoms with E-state index in [4.69, 9.17) is 17.0 Å². The normalized spacial score (nSPS) is 10.1. The molecule has 1 amide bonds. The molecule has 0 aliphatic rings. The van der Waals surface area contributed by atoms with E-state index >= 15 is 0 Å². The average Bonchev–Trinajstić information content (AvgIpc) is 2.71. The van der Waals surface area contributed by atoms with Crippen molar-refractivity contribution in [2.45, 2.75) is 26.2 Å². The van der Waals surface area contributed by atoms with Crippen molar-refractivity contribution in [1.29, 1.82) is 0 Å². The van der Waals surface area contributed by atoms with Gasteiger partial charge in [0.1, 0.15) is 11.6 Å². The molecule has 2 aromatic carbocycles. The lowest BCUT2D eigenvalue weighted by atomic mass is 10.1. The average molecular weight is 403 g/mol. The molecule has 3 N–H and O–H groups in total. The molecular weight excluding hydrogens is 381 g/mol. The Labute approximate surface area is 168 Å². The molecule has 0 radical (unpaired) electrons. The number of hydrazine groups is 1. The van der Waals surface area contributed by atoms with E-state index < -0.39 is 11.7 Å². The van der Waals surface area contributed by atoms with Crippen molar-refractivity contribution in [3.8, 4) is 5.75 Å². The molecule has 2 aromatic rings. The van der Waals surface area contributed by atoms with Crippen LogP contribution in [0.3, 0.4) is 0 Å². The molecule has 28 heavy (non-hydrogen) atoms. The molecule has 0 bridgehead atoms. The Balaban J connectivity index is 1.72. The maximum Gasteiger partial charge on any atom is 0.238 e. The summed E-state index contributed by atoms with van der Waals surface area (Å²) in [6.07, 6.45) is 0.946. The highest BCUT2D eigenvalue weighted by molar-refractivity contribution is 7.80. The third kappa shape index (κ3) is 6.96.